The van der Waals surface area contributed by atoms with Gasteiger partial charge in [-0.25, -0.2) is 0 Å². The second-order valence-corrected chi connectivity index (χ2v) is 8.31. The highest BCUT2D eigenvalue weighted by Gasteiger charge is 2.35. The van der Waals surface area contributed by atoms with Crippen LogP contribution in [0, 0.1) is 13.8 Å². The average molecular weight is 422 g/mol. The van der Waals surface area contributed by atoms with Crippen molar-refractivity contribution in [2.75, 3.05) is 23.6 Å². The van der Waals surface area contributed by atoms with Crippen molar-refractivity contribution in [2.45, 2.75) is 19.9 Å². The van der Waals surface area contributed by atoms with E-state index in [-0.39, 0.29) is 18.4 Å². The van der Waals surface area contributed by atoms with Crippen molar-refractivity contribution in [2.24, 2.45) is 0 Å². The Morgan fingerprint density at radius 1 is 1.20 bits per heavy atom. The first-order valence-corrected chi connectivity index (χ1v) is 10.9. The Hall–Kier alpha value is -3.06. The number of ether oxygens (including phenoxy) is 1. The number of fused-ring (bicyclic) bond motifs is 1. The van der Waals surface area contributed by atoms with E-state index in [2.05, 4.69) is 10.3 Å². The van der Waals surface area contributed by atoms with Crippen LogP contribution in [0.25, 0.3) is 10.9 Å². The topological polar surface area (TPSA) is 71.5 Å². The van der Waals surface area contributed by atoms with Gasteiger partial charge in [0, 0.05) is 23.0 Å². The van der Waals surface area contributed by atoms with E-state index in [0.29, 0.717) is 22.9 Å². The molecular weight excluding hydrogens is 398 g/mol. The quantitative estimate of drug-likeness (QED) is 0.679. The van der Waals surface area contributed by atoms with E-state index in [4.69, 9.17) is 4.74 Å². The number of benzene rings is 2. The third-order valence-corrected chi connectivity index (χ3v) is 6.10. The average Bonchev–Trinajstić information content (AvgIpc) is 3.24. The number of carbonyl (C=O) groups is 2. The van der Waals surface area contributed by atoms with Crippen LogP contribution in [-0.2, 0) is 9.59 Å². The van der Waals surface area contributed by atoms with Crippen molar-refractivity contribution in [3.05, 3.63) is 65.9 Å². The second kappa shape index (κ2) is 8.75. The number of para-hydroxylation sites is 1. The van der Waals surface area contributed by atoms with Crippen molar-refractivity contribution in [1.82, 2.24) is 9.88 Å². The zero-order valence-corrected chi connectivity index (χ0v) is 17.7. The van der Waals surface area contributed by atoms with Crippen molar-refractivity contribution in [1.29, 1.82) is 0 Å². The van der Waals surface area contributed by atoms with Crippen LogP contribution in [0.1, 0.15) is 11.1 Å². The molecule has 3 aromatic rings. The van der Waals surface area contributed by atoms with Crippen molar-refractivity contribution in [3.63, 3.8) is 0 Å². The zero-order valence-electron chi connectivity index (χ0n) is 16.9. The summed E-state index contributed by atoms with van der Waals surface area (Å²) in [7, 11) is 0. The summed E-state index contributed by atoms with van der Waals surface area (Å²) in [4.78, 5) is 31.6. The number of pyridine rings is 1. The molecule has 30 heavy (non-hydrogen) atoms. The fraction of sp³-hybridized carbons (Fsp3) is 0.261. The van der Waals surface area contributed by atoms with Gasteiger partial charge in [-0.05, 0) is 37.6 Å². The van der Waals surface area contributed by atoms with Gasteiger partial charge in [0.05, 0.1) is 5.88 Å². The van der Waals surface area contributed by atoms with Crippen molar-refractivity contribution >= 4 is 40.2 Å². The molecule has 1 atom stereocenters. The maximum absolute atomic E-state index is 12.8. The predicted molar refractivity (Wildman–Crippen MR) is 120 cm³/mol. The number of thioether (sulfide) groups is 1. The van der Waals surface area contributed by atoms with Gasteiger partial charge in [0.1, 0.15) is 17.3 Å². The number of nitrogens with zero attached hydrogens (tertiary/aromatic N) is 2. The molecule has 1 fully saturated rings. The van der Waals surface area contributed by atoms with Gasteiger partial charge in [0.25, 0.3) is 5.91 Å². The number of carbonyl (C=O) groups excluding carboxylic acids is 2. The lowest BCUT2D eigenvalue weighted by Crippen LogP contribution is -2.46. The summed E-state index contributed by atoms with van der Waals surface area (Å²) in [6.45, 7) is 3.84. The lowest BCUT2D eigenvalue weighted by atomic mass is 10.1. The minimum Gasteiger partial charge on any atom is -0.481 e. The standard InChI is InChI=1S/C23H23N3O3S/c1-15-8-9-18(16(2)11-15)25-23(28)19-13-30-14-26(19)21(27)12-29-20-7-3-5-17-6-4-10-24-22(17)20/h3-11,19H,12-14H2,1-2H3,(H,25,28)/t19-/m0/s1. The highest BCUT2D eigenvalue weighted by Crippen LogP contribution is 2.26. The minimum absolute atomic E-state index is 0.135. The lowest BCUT2D eigenvalue weighted by Gasteiger charge is -2.23. The first-order valence-electron chi connectivity index (χ1n) is 9.75. The van der Waals surface area contributed by atoms with Crippen LogP contribution >= 0.6 is 11.8 Å². The molecule has 4 rings (SSSR count). The summed E-state index contributed by atoms with van der Waals surface area (Å²) in [5, 5.41) is 3.91. The molecule has 0 saturated carbocycles. The predicted octanol–water partition coefficient (Wildman–Crippen LogP) is 3.77. The third kappa shape index (κ3) is 4.26. The second-order valence-electron chi connectivity index (χ2n) is 7.31. The molecule has 2 amide bonds. The highest BCUT2D eigenvalue weighted by molar-refractivity contribution is 7.99. The Bertz CT molecular complexity index is 1100. The first-order chi connectivity index (χ1) is 14.5. The fourth-order valence-corrected chi connectivity index (χ4v) is 4.67. The summed E-state index contributed by atoms with van der Waals surface area (Å²) in [5.41, 5.74) is 3.62. The molecule has 7 heteroatoms. The summed E-state index contributed by atoms with van der Waals surface area (Å²) in [6, 6.07) is 14.8. The van der Waals surface area contributed by atoms with Gasteiger partial charge in [-0.3, -0.25) is 14.6 Å². The van der Waals surface area contributed by atoms with Gasteiger partial charge < -0.3 is 15.0 Å². The Kier molecular flexibility index (Phi) is 5.90. The van der Waals surface area contributed by atoms with E-state index in [0.717, 1.165) is 22.2 Å². The number of hydrogen-bond acceptors (Lipinski definition) is 5. The maximum atomic E-state index is 12.8. The van der Waals surface area contributed by atoms with Crippen LogP contribution in [0.5, 0.6) is 5.75 Å². The summed E-state index contributed by atoms with van der Waals surface area (Å²) in [5.74, 6) is 1.21. The molecule has 1 aliphatic rings. The van der Waals surface area contributed by atoms with Crippen LogP contribution in [0.3, 0.4) is 0 Å². The van der Waals surface area contributed by atoms with Crippen LogP contribution in [0.4, 0.5) is 5.69 Å². The Morgan fingerprint density at radius 2 is 2.03 bits per heavy atom. The minimum atomic E-state index is -0.516. The van der Waals surface area contributed by atoms with Crippen LogP contribution in [-0.4, -0.2) is 46.0 Å². The molecule has 2 aromatic carbocycles. The largest absolute Gasteiger partial charge is 0.481 e. The van der Waals surface area contributed by atoms with E-state index in [1.165, 1.54) is 0 Å². The van der Waals surface area contributed by atoms with E-state index in [1.54, 1.807) is 28.9 Å². The summed E-state index contributed by atoms with van der Waals surface area (Å²) in [6.07, 6.45) is 1.70. The Morgan fingerprint density at radius 3 is 2.87 bits per heavy atom. The molecule has 1 aliphatic heterocycles. The molecule has 6 nitrogen and oxygen atoms in total. The smallest absolute Gasteiger partial charge is 0.261 e. The first kappa shape index (κ1) is 20.2. The number of aromatic nitrogens is 1. The molecule has 0 spiro atoms. The van der Waals surface area contributed by atoms with Gasteiger partial charge in [-0.15, -0.1) is 11.8 Å². The molecule has 1 N–H and O–H groups in total. The normalized spacial score (nSPS) is 15.9. The lowest BCUT2D eigenvalue weighted by molar-refractivity contribution is -0.137. The molecule has 1 aromatic heterocycles. The fourth-order valence-electron chi connectivity index (χ4n) is 3.49. The monoisotopic (exact) mass is 421 g/mol. The van der Waals surface area contributed by atoms with Crippen molar-refractivity contribution < 1.29 is 14.3 Å². The van der Waals surface area contributed by atoms with E-state index in [9.17, 15) is 9.59 Å². The van der Waals surface area contributed by atoms with Gasteiger partial charge in [0.15, 0.2) is 6.61 Å². The number of aryl methyl sites for hydroxylation is 2. The van der Waals surface area contributed by atoms with Gasteiger partial charge >= 0.3 is 0 Å². The molecule has 0 radical (unpaired) electrons. The van der Waals surface area contributed by atoms with E-state index >= 15 is 0 Å². The van der Waals surface area contributed by atoms with Crippen LogP contribution in [0.15, 0.2) is 54.7 Å². The molecule has 154 valence electrons. The Labute approximate surface area is 179 Å². The van der Waals surface area contributed by atoms with Crippen LogP contribution < -0.4 is 10.1 Å². The molecule has 0 bridgehead atoms. The number of amides is 2. The van der Waals surface area contributed by atoms with Crippen molar-refractivity contribution in [3.8, 4) is 5.75 Å². The highest BCUT2D eigenvalue weighted by atomic mass is 32.2. The Balaban J connectivity index is 1.42. The third-order valence-electron chi connectivity index (χ3n) is 5.09. The SMILES string of the molecule is Cc1ccc(NC(=O)[C@@H]2CSCN2C(=O)COc2cccc3cccnc23)c(C)c1. The zero-order chi connectivity index (χ0) is 21.1. The van der Waals surface area contributed by atoms with Gasteiger partial charge in [-0.1, -0.05) is 35.9 Å². The van der Waals surface area contributed by atoms with Gasteiger partial charge in [0.2, 0.25) is 5.91 Å². The maximum Gasteiger partial charge on any atom is 0.261 e. The van der Waals surface area contributed by atoms with Crippen LogP contribution in [0.2, 0.25) is 0 Å². The number of hydrogen-bond donors (Lipinski definition) is 1. The molecule has 2 heterocycles. The summed E-state index contributed by atoms with van der Waals surface area (Å²) < 4.78 is 5.78. The van der Waals surface area contributed by atoms with E-state index < -0.39 is 6.04 Å². The molecular formula is C23H23N3O3S. The molecule has 0 aliphatic carbocycles. The van der Waals surface area contributed by atoms with Gasteiger partial charge in [-0.2, -0.15) is 0 Å². The summed E-state index contributed by atoms with van der Waals surface area (Å²) >= 11 is 1.56. The number of rotatable bonds is 5. The van der Waals surface area contributed by atoms with E-state index in [1.807, 2.05) is 56.3 Å². The number of anilines is 1. The molecule has 0 unspecified atom stereocenters. The number of nitrogens with one attached hydrogen (secondary N) is 1. The molecule has 1 saturated heterocycles.